The molecule has 1 aliphatic carbocycles. The van der Waals surface area contributed by atoms with Gasteiger partial charge in [0.05, 0.1) is 23.5 Å². The minimum absolute atomic E-state index is 0.0385. The van der Waals surface area contributed by atoms with E-state index in [-0.39, 0.29) is 24.2 Å². The van der Waals surface area contributed by atoms with E-state index in [1.54, 1.807) is 10.9 Å². The average Bonchev–Trinajstić information content (AvgIpc) is 3.39. The quantitative estimate of drug-likeness (QED) is 0.787. The number of aryl methyl sites for hydroxylation is 1. The van der Waals surface area contributed by atoms with Crippen molar-refractivity contribution in [3.8, 4) is 0 Å². The van der Waals surface area contributed by atoms with Crippen LogP contribution in [0.3, 0.4) is 0 Å². The fourth-order valence-corrected chi connectivity index (χ4v) is 4.09. The number of carboxylic acid groups (broad SMARTS) is 1. The van der Waals surface area contributed by atoms with Crippen LogP contribution in [0.15, 0.2) is 12.4 Å². The number of halogens is 3. The lowest BCUT2D eigenvalue weighted by Crippen LogP contribution is -2.64. The molecule has 1 N–H and O–H groups in total. The van der Waals surface area contributed by atoms with Gasteiger partial charge in [0.15, 0.2) is 0 Å². The van der Waals surface area contributed by atoms with E-state index in [1.807, 2.05) is 18.1 Å². The van der Waals surface area contributed by atoms with Gasteiger partial charge >= 0.3 is 12.1 Å². The standard InChI is InChI=1S/C17H26N4O2.C2HF3O2/c1-13-17(5-7-20(8-6-17)10-14-3-4-14)23-12-16(22)21(13)15-9-18-19(2)11-15;3-2(4,5)1(6)7/h9,11,13-14H,3-8,10,12H2,1-2H3;(H,6,7). The molecule has 1 amide bonds. The Bertz CT molecular complexity index is 770. The summed E-state index contributed by atoms with van der Waals surface area (Å²) in [6.45, 7) is 5.71. The smallest absolute Gasteiger partial charge is 0.475 e. The molecular weight excluding hydrogens is 405 g/mol. The van der Waals surface area contributed by atoms with Crippen molar-refractivity contribution < 1.29 is 32.6 Å². The molecule has 8 nitrogen and oxygen atoms in total. The zero-order valence-electron chi connectivity index (χ0n) is 17.1. The molecule has 30 heavy (non-hydrogen) atoms. The summed E-state index contributed by atoms with van der Waals surface area (Å²) in [6, 6.07) is 0.0519. The fourth-order valence-electron chi connectivity index (χ4n) is 4.09. The van der Waals surface area contributed by atoms with Gasteiger partial charge in [-0.15, -0.1) is 0 Å². The first kappa shape index (κ1) is 22.5. The molecule has 3 fully saturated rings. The maximum absolute atomic E-state index is 12.4. The molecule has 1 unspecified atom stereocenters. The van der Waals surface area contributed by atoms with E-state index in [2.05, 4.69) is 16.9 Å². The summed E-state index contributed by atoms with van der Waals surface area (Å²) >= 11 is 0. The number of aliphatic carboxylic acids is 1. The maximum atomic E-state index is 12.4. The second-order valence-electron chi connectivity index (χ2n) is 8.21. The molecule has 1 atom stereocenters. The average molecular weight is 432 g/mol. The highest BCUT2D eigenvalue weighted by molar-refractivity contribution is 5.95. The van der Waals surface area contributed by atoms with Gasteiger partial charge in [0.25, 0.3) is 5.91 Å². The lowest BCUT2D eigenvalue weighted by molar-refractivity contribution is -0.192. The first-order valence-electron chi connectivity index (χ1n) is 9.99. The van der Waals surface area contributed by atoms with E-state index in [0.29, 0.717) is 0 Å². The summed E-state index contributed by atoms with van der Waals surface area (Å²) in [6.07, 6.45) is 3.41. The van der Waals surface area contributed by atoms with Crippen LogP contribution in [0.25, 0.3) is 0 Å². The number of carboxylic acids is 1. The van der Waals surface area contributed by atoms with Gasteiger partial charge in [-0.3, -0.25) is 9.48 Å². The van der Waals surface area contributed by atoms with Crippen LogP contribution in [0, 0.1) is 5.92 Å². The van der Waals surface area contributed by atoms with Gasteiger partial charge in [-0.2, -0.15) is 18.3 Å². The second-order valence-corrected chi connectivity index (χ2v) is 8.21. The number of ether oxygens (including phenoxy) is 1. The van der Waals surface area contributed by atoms with Crippen molar-refractivity contribution in [3.63, 3.8) is 0 Å². The van der Waals surface area contributed by atoms with Crippen LogP contribution >= 0.6 is 0 Å². The number of piperidine rings is 1. The number of rotatable bonds is 3. The molecule has 168 valence electrons. The lowest BCUT2D eigenvalue weighted by Gasteiger charge is -2.51. The molecule has 3 heterocycles. The van der Waals surface area contributed by atoms with Crippen LogP contribution in [0.5, 0.6) is 0 Å². The zero-order chi connectivity index (χ0) is 22.1. The monoisotopic (exact) mass is 432 g/mol. The Morgan fingerprint density at radius 3 is 2.40 bits per heavy atom. The highest BCUT2D eigenvalue weighted by atomic mass is 19.4. The number of carbonyl (C=O) groups excluding carboxylic acids is 1. The molecule has 4 rings (SSSR count). The Labute approximate surface area is 172 Å². The van der Waals surface area contributed by atoms with Crippen LogP contribution in [-0.2, 0) is 21.4 Å². The summed E-state index contributed by atoms with van der Waals surface area (Å²) in [5.41, 5.74) is 0.678. The summed E-state index contributed by atoms with van der Waals surface area (Å²) in [7, 11) is 1.88. The van der Waals surface area contributed by atoms with Gasteiger partial charge in [0, 0.05) is 32.9 Å². The Morgan fingerprint density at radius 2 is 1.93 bits per heavy atom. The number of carbonyl (C=O) groups is 2. The number of amides is 1. The molecule has 1 spiro atoms. The Balaban J connectivity index is 0.000000318. The SMILES string of the molecule is CC1N(c2cnn(C)c2)C(=O)COC12CCN(CC1CC1)CC2.O=C(O)C(F)(F)F. The van der Waals surface area contributed by atoms with E-state index in [9.17, 15) is 18.0 Å². The lowest BCUT2D eigenvalue weighted by atomic mass is 9.82. The van der Waals surface area contributed by atoms with Gasteiger partial charge in [0.2, 0.25) is 0 Å². The molecule has 1 aromatic rings. The summed E-state index contributed by atoms with van der Waals surface area (Å²) in [4.78, 5) is 25.8. The van der Waals surface area contributed by atoms with Crippen LogP contribution in [0.1, 0.15) is 32.6 Å². The van der Waals surface area contributed by atoms with E-state index in [0.717, 1.165) is 37.5 Å². The van der Waals surface area contributed by atoms with Crippen LogP contribution in [0.2, 0.25) is 0 Å². The topological polar surface area (TPSA) is 87.9 Å². The number of alkyl halides is 3. The Morgan fingerprint density at radius 1 is 1.33 bits per heavy atom. The first-order valence-corrected chi connectivity index (χ1v) is 9.99. The molecule has 1 saturated carbocycles. The maximum Gasteiger partial charge on any atom is 0.490 e. The molecule has 2 saturated heterocycles. The number of anilines is 1. The predicted molar refractivity (Wildman–Crippen MR) is 101 cm³/mol. The number of hydrogen-bond acceptors (Lipinski definition) is 5. The van der Waals surface area contributed by atoms with Gasteiger partial charge < -0.3 is 19.6 Å². The molecule has 3 aliphatic rings. The second kappa shape index (κ2) is 8.54. The molecular formula is C19H27F3N4O4. The molecule has 2 aliphatic heterocycles. The summed E-state index contributed by atoms with van der Waals surface area (Å²) in [5.74, 6) is -1.79. The number of morpholine rings is 1. The van der Waals surface area contributed by atoms with Crippen LogP contribution in [-0.4, -0.2) is 75.7 Å². The number of hydrogen-bond donors (Lipinski definition) is 1. The molecule has 0 aromatic carbocycles. The largest absolute Gasteiger partial charge is 0.490 e. The number of likely N-dealkylation sites (tertiary alicyclic amines) is 1. The summed E-state index contributed by atoms with van der Waals surface area (Å²) in [5, 5.41) is 11.3. The predicted octanol–water partition coefficient (Wildman–Crippen LogP) is 2.05. The highest BCUT2D eigenvalue weighted by Crippen LogP contribution is 2.39. The first-order chi connectivity index (χ1) is 14.0. The van der Waals surface area contributed by atoms with Crippen molar-refractivity contribution >= 4 is 17.6 Å². The Kier molecular flexibility index (Phi) is 6.42. The van der Waals surface area contributed by atoms with Gasteiger partial charge in [-0.05, 0) is 38.5 Å². The third-order valence-electron chi connectivity index (χ3n) is 6.03. The third-order valence-corrected chi connectivity index (χ3v) is 6.03. The van der Waals surface area contributed by atoms with Crippen molar-refractivity contribution in [3.05, 3.63) is 12.4 Å². The van der Waals surface area contributed by atoms with Crippen molar-refractivity contribution in [2.45, 2.75) is 50.4 Å². The number of nitrogens with zero attached hydrogens (tertiary/aromatic N) is 4. The van der Waals surface area contributed by atoms with E-state index in [1.165, 1.54) is 19.4 Å². The molecule has 0 bridgehead atoms. The fraction of sp³-hybridized carbons (Fsp3) is 0.737. The Hall–Kier alpha value is -2.14. The van der Waals surface area contributed by atoms with E-state index in [4.69, 9.17) is 14.6 Å². The zero-order valence-corrected chi connectivity index (χ0v) is 17.1. The third kappa shape index (κ3) is 5.12. The van der Waals surface area contributed by atoms with Crippen LogP contribution in [0.4, 0.5) is 18.9 Å². The van der Waals surface area contributed by atoms with E-state index >= 15 is 0 Å². The van der Waals surface area contributed by atoms with Crippen LogP contribution < -0.4 is 4.90 Å². The molecule has 1 aromatic heterocycles. The minimum Gasteiger partial charge on any atom is -0.475 e. The van der Waals surface area contributed by atoms with Crippen molar-refractivity contribution in [2.24, 2.45) is 13.0 Å². The minimum atomic E-state index is -5.08. The van der Waals surface area contributed by atoms with E-state index < -0.39 is 12.1 Å². The van der Waals surface area contributed by atoms with Crippen molar-refractivity contribution in [1.82, 2.24) is 14.7 Å². The van der Waals surface area contributed by atoms with Gasteiger partial charge in [-0.25, -0.2) is 4.79 Å². The number of aromatic nitrogens is 2. The van der Waals surface area contributed by atoms with Gasteiger partial charge in [0.1, 0.15) is 6.61 Å². The summed E-state index contributed by atoms with van der Waals surface area (Å²) < 4.78 is 39.6. The van der Waals surface area contributed by atoms with Crippen molar-refractivity contribution in [1.29, 1.82) is 0 Å². The van der Waals surface area contributed by atoms with Crippen molar-refractivity contribution in [2.75, 3.05) is 31.1 Å². The molecule has 11 heteroatoms. The van der Waals surface area contributed by atoms with Gasteiger partial charge in [-0.1, -0.05) is 0 Å². The normalized spacial score (nSPS) is 24.5. The molecule has 0 radical (unpaired) electrons. The highest BCUT2D eigenvalue weighted by Gasteiger charge is 2.49.